The Kier molecular flexibility index (Phi) is 5.90. The molecule has 0 radical (unpaired) electrons. The fourth-order valence-corrected chi connectivity index (χ4v) is 4.62. The van der Waals surface area contributed by atoms with Gasteiger partial charge in [-0.2, -0.15) is 0 Å². The number of phenolic OH excluding ortho intramolecular Hbond substituents is 1. The van der Waals surface area contributed by atoms with Crippen LogP contribution in [0, 0.1) is 11.8 Å². The molecule has 0 spiro atoms. The van der Waals surface area contributed by atoms with E-state index < -0.39 is 0 Å². The first-order valence-corrected chi connectivity index (χ1v) is 10.8. The van der Waals surface area contributed by atoms with Gasteiger partial charge in [0.2, 0.25) is 5.91 Å². The topological polar surface area (TPSA) is 67.8 Å². The molecule has 2 aliphatic heterocycles. The molecular formula is C22H34N4O2. The normalized spacial score (nSPS) is 29.2. The van der Waals surface area contributed by atoms with Crippen LogP contribution in [0.4, 0.5) is 0 Å². The van der Waals surface area contributed by atoms with Crippen molar-refractivity contribution in [3.8, 4) is 5.75 Å². The highest BCUT2D eigenvalue weighted by molar-refractivity contribution is 5.82. The summed E-state index contributed by atoms with van der Waals surface area (Å²) in [4.78, 5) is 18.0. The maximum Gasteiger partial charge on any atom is 0.241 e. The summed E-state index contributed by atoms with van der Waals surface area (Å²) in [6.45, 7) is 8.58. The van der Waals surface area contributed by atoms with Gasteiger partial charge >= 0.3 is 0 Å². The van der Waals surface area contributed by atoms with E-state index in [0.717, 1.165) is 44.0 Å². The molecule has 1 aromatic rings. The van der Waals surface area contributed by atoms with Gasteiger partial charge in [-0.25, -0.2) is 10.9 Å². The molecule has 3 N–H and O–H groups in total. The summed E-state index contributed by atoms with van der Waals surface area (Å²) < 4.78 is 0. The smallest absolute Gasteiger partial charge is 0.241 e. The number of carbonyl (C=O) groups excluding carboxylic acids is 1. The lowest BCUT2D eigenvalue weighted by molar-refractivity contribution is -0.133. The van der Waals surface area contributed by atoms with Gasteiger partial charge in [0, 0.05) is 38.3 Å². The van der Waals surface area contributed by atoms with Crippen molar-refractivity contribution < 1.29 is 9.90 Å². The summed E-state index contributed by atoms with van der Waals surface area (Å²) in [5, 5.41) is 9.49. The third kappa shape index (κ3) is 4.50. The quantitative estimate of drug-likeness (QED) is 0.724. The minimum absolute atomic E-state index is 0.0915. The summed E-state index contributed by atoms with van der Waals surface area (Å²) in [7, 11) is 0. The molecule has 3 unspecified atom stereocenters. The number of rotatable bonds is 5. The van der Waals surface area contributed by atoms with Gasteiger partial charge in [-0.3, -0.25) is 9.69 Å². The third-order valence-electron chi connectivity index (χ3n) is 6.52. The highest BCUT2D eigenvalue weighted by Crippen LogP contribution is 2.32. The lowest BCUT2D eigenvalue weighted by Gasteiger charge is -2.35. The van der Waals surface area contributed by atoms with Crippen molar-refractivity contribution >= 4 is 5.91 Å². The molecular weight excluding hydrogens is 352 g/mol. The Bertz CT molecular complexity index is 674. The Hall–Kier alpha value is -1.63. The molecule has 1 amide bonds. The van der Waals surface area contributed by atoms with E-state index in [2.05, 4.69) is 34.5 Å². The van der Waals surface area contributed by atoms with Gasteiger partial charge in [-0.15, -0.1) is 0 Å². The van der Waals surface area contributed by atoms with E-state index >= 15 is 0 Å². The van der Waals surface area contributed by atoms with Crippen molar-refractivity contribution in [1.82, 2.24) is 20.7 Å². The van der Waals surface area contributed by atoms with E-state index in [1.807, 2.05) is 12.1 Å². The number of nitrogens with zero attached hydrogens (tertiary/aromatic N) is 2. The van der Waals surface area contributed by atoms with Crippen molar-refractivity contribution in [2.45, 2.75) is 57.7 Å². The summed E-state index contributed by atoms with van der Waals surface area (Å²) in [6, 6.07) is 7.58. The molecule has 6 heteroatoms. The van der Waals surface area contributed by atoms with Crippen LogP contribution < -0.4 is 10.9 Å². The average molecular weight is 387 g/mol. The highest BCUT2D eigenvalue weighted by Gasteiger charge is 2.37. The molecule has 154 valence electrons. The number of amides is 1. The summed E-state index contributed by atoms with van der Waals surface area (Å²) >= 11 is 0. The maximum atomic E-state index is 13.3. The number of carbonyl (C=O) groups is 1. The Morgan fingerprint density at radius 3 is 2.61 bits per heavy atom. The van der Waals surface area contributed by atoms with Gasteiger partial charge in [-0.05, 0) is 55.2 Å². The van der Waals surface area contributed by atoms with Crippen LogP contribution in [0.2, 0.25) is 0 Å². The van der Waals surface area contributed by atoms with Crippen LogP contribution >= 0.6 is 0 Å². The minimum Gasteiger partial charge on any atom is -0.508 e. The van der Waals surface area contributed by atoms with Gasteiger partial charge in [-0.1, -0.05) is 26.0 Å². The van der Waals surface area contributed by atoms with Crippen molar-refractivity contribution in [3.05, 3.63) is 29.8 Å². The zero-order valence-corrected chi connectivity index (χ0v) is 17.1. The second-order valence-corrected chi connectivity index (χ2v) is 9.11. The van der Waals surface area contributed by atoms with Crippen molar-refractivity contribution in [2.24, 2.45) is 11.8 Å². The summed E-state index contributed by atoms with van der Waals surface area (Å²) in [5.74, 6) is 1.91. The third-order valence-corrected chi connectivity index (χ3v) is 6.52. The fourth-order valence-electron chi connectivity index (χ4n) is 4.62. The zero-order valence-electron chi connectivity index (χ0n) is 17.1. The number of aromatic hydroxyl groups is 1. The fraction of sp³-hybridized carbons (Fsp3) is 0.682. The second-order valence-electron chi connectivity index (χ2n) is 9.11. The lowest BCUT2D eigenvalue weighted by Crippen LogP contribution is -2.50. The number of hydrogen-bond acceptors (Lipinski definition) is 5. The van der Waals surface area contributed by atoms with E-state index in [-0.39, 0.29) is 23.7 Å². The lowest BCUT2D eigenvalue weighted by atomic mass is 10.00. The molecule has 4 rings (SSSR count). The van der Waals surface area contributed by atoms with Crippen molar-refractivity contribution in [1.29, 1.82) is 0 Å². The first kappa shape index (κ1) is 19.7. The van der Waals surface area contributed by atoms with Gasteiger partial charge < -0.3 is 10.0 Å². The number of hydrazine groups is 1. The van der Waals surface area contributed by atoms with Crippen molar-refractivity contribution in [2.75, 3.05) is 26.2 Å². The Balaban J connectivity index is 1.39. The van der Waals surface area contributed by atoms with Crippen LogP contribution in [0.15, 0.2) is 24.3 Å². The van der Waals surface area contributed by atoms with E-state index in [1.165, 1.54) is 19.4 Å². The van der Waals surface area contributed by atoms with Crippen LogP contribution in [0.5, 0.6) is 5.75 Å². The molecule has 3 atom stereocenters. The molecule has 1 aromatic carbocycles. The molecule has 2 heterocycles. The molecule has 1 saturated carbocycles. The van der Waals surface area contributed by atoms with Gasteiger partial charge in [0.15, 0.2) is 0 Å². The molecule has 3 aliphatic rings. The highest BCUT2D eigenvalue weighted by atomic mass is 16.3. The molecule has 28 heavy (non-hydrogen) atoms. The number of phenols is 1. The molecule has 6 nitrogen and oxygen atoms in total. The molecule has 1 aliphatic carbocycles. The molecule has 3 fully saturated rings. The standard InChI is InChI=1S/C22H34N4O2/c1-15(2)21-14-26(11-3-10-25(21)13-16-4-5-16)22(28)20-12-19(23-24-20)17-6-8-18(27)9-7-17/h6-9,15-16,19-21,23-24,27H,3-5,10-14H2,1-2H3. The minimum atomic E-state index is -0.193. The zero-order chi connectivity index (χ0) is 19.7. The number of nitrogens with one attached hydrogen (secondary N) is 2. The Morgan fingerprint density at radius 1 is 1.18 bits per heavy atom. The second kappa shape index (κ2) is 8.39. The monoisotopic (exact) mass is 386 g/mol. The molecule has 0 bridgehead atoms. The molecule has 2 saturated heterocycles. The summed E-state index contributed by atoms with van der Waals surface area (Å²) in [6.07, 6.45) is 4.54. The number of hydrogen-bond donors (Lipinski definition) is 3. The van der Waals surface area contributed by atoms with Gasteiger partial charge in [0.1, 0.15) is 11.8 Å². The predicted molar refractivity (Wildman–Crippen MR) is 110 cm³/mol. The predicted octanol–water partition coefficient (Wildman–Crippen LogP) is 2.27. The first-order chi connectivity index (χ1) is 13.5. The first-order valence-electron chi connectivity index (χ1n) is 10.8. The van der Waals surface area contributed by atoms with E-state index in [0.29, 0.717) is 12.0 Å². The molecule has 0 aromatic heterocycles. The van der Waals surface area contributed by atoms with Crippen LogP contribution in [-0.2, 0) is 4.79 Å². The van der Waals surface area contributed by atoms with Crippen LogP contribution in [0.1, 0.15) is 51.1 Å². The Labute approximate surface area is 168 Å². The van der Waals surface area contributed by atoms with Crippen LogP contribution in [-0.4, -0.2) is 59.1 Å². The SMILES string of the molecule is CC(C)C1CN(C(=O)C2CC(c3ccc(O)cc3)NN2)CCCN1CC1CC1. The van der Waals surface area contributed by atoms with E-state index in [1.54, 1.807) is 12.1 Å². The largest absolute Gasteiger partial charge is 0.508 e. The van der Waals surface area contributed by atoms with E-state index in [4.69, 9.17) is 0 Å². The van der Waals surface area contributed by atoms with E-state index in [9.17, 15) is 9.90 Å². The maximum absolute atomic E-state index is 13.3. The Morgan fingerprint density at radius 2 is 1.93 bits per heavy atom. The van der Waals surface area contributed by atoms with Crippen LogP contribution in [0.3, 0.4) is 0 Å². The van der Waals surface area contributed by atoms with Crippen LogP contribution in [0.25, 0.3) is 0 Å². The van der Waals surface area contributed by atoms with Gasteiger partial charge in [0.25, 0.3) is 0 Å². The van der Waals surface area contributed by atoms with Crippen molar-refractivity contribution in [3.63, 3.8) is 0 Å². The summed E-state index contributed by atoms with van der Waals surface area (Å²) in [5.41, 5.74) is 7.57. The van der Waals surface area contributed by atoms with Gasteiger partial charge in [0.05, 0.1) is 0 Å². The number of benzene rings is 1. The average Bonchev–Trinajstić information content (AvgIpc) is 3.41.